The van der Waals surface area contributed by atoms with E-state index in [0.717, 1.165) is 27.6 Å². The van der Waals surface area contributed by atoms with Gasteiger partial charge >= 0.3 is 0 Å². The molecular weight excluding hydrogens is 244 g/mol. The fourth-order valence-electron chi connectivity index (χ4n) is 2.33. The summed E-state index contributed by atoms with van der Waals surface area (Å²) in [6, 6.07) is 3.74. The highest BCUT2D eigenvalue weighted by atomic mass is 16.5. The van der Waals surface area contributed by atoms with E-state index in [1.807, 2.05) is 26.1 Å². The molecule has 1 aromatic carbocycles. The molecule has 6 nitrogen and oxygen atoms in total. The third-order valence-corrected chi connectivity index (χ3v) is 3.22. The lowest BCUT2D eigenvalue weighted by Crippen LogP contribution is -1.95. The SMILES string of the molecule is COc1cc2nnc3c(c(C)nn3C)c2cc1OC. The zero-order valence-corrected chi connectivity index (χ0v) is 11.3. The van der Waals surface area contributed by atoms with Crippen LogP contribution in [0.25, 0.3) is 21.9 Å². The van der Waals surface area contributed by atoms with Crippen LogP contribution >= 0.6 is 0 Å². The molecule has 0 aliphatic rings. The van der Waals surface area contributed by atoms with Crippen molar-refractivity contribution in [2.75, 3.05) is 14.2 Å². The van der Waals surface area contributed by atoms with Crippen LogP contribution in [0, 0.1) is 6.92 Å². The van der Waals surface area contributed by atoms with Crippen LogP contribution in [0.4, 0.5) is 0 Å². The van der Waals surface area contributed by atoms with E-state index < -0.39 is 0 Å². The minimum absolute atomic E-state index is 0.644. The maximum absolute atomic E-state index is 5.34. The van der Waals surface area contributed by atoms with Crippen molar-refractivity contribution < 1.29 is 9.47 Å². The highest BCUT2D eigenvalue weighted by Gasteiger charge is 2.14. The molecule has 0 bridgehead atoms. The molecule has 2 aromatic heterocycles. The van der Waals surface area contributed by atoms with E-state index >= 15 is 0 Å². The topological polar surface area (TPSA) is 62.1 Å². The number of rotatable bonds is 2. The normalized spacial score (nSPS) is 11.2. The molecule has 98 valence electrons. The first-order valence-electron chi connectivity index (χ1n) is 5.87. The van der Waals surface area contributed by atoms with Gasteiger partial charge in [-0.2, -0.15) is 5.10 Å². The summed E-state index contributed by atoms with van der Waals surface area (Å²) in [4.78, 5) is 0. The summed E-state index contributed by atoms with van der Waals surface area (Å²) in [6.45, 7) is 1.96. The molecule has 0 fully saturated rings. The molecule has 6 heteroatoms. The van der Waals surface area contributed by atoms with Gasteiger partial charge in [0, 0.05) is 18.5 Å². The van der Waals surface area contributed by atoms with E-state index in [-0.39, 0.29) is 0 Å². The van der Waals surface area contributed by atoms with E-state index in [4.69, 9.17) is 9.47 Å². The second kappa shape index (κ2) is 4.08. The van der Waals surface area contributed by atoms with Gasteiger partial charge < -0.3 is 9.47 Å². The Bertz CT molecular complexity index is 779. The van der Waals surface area contributed by atoms with Crippen molar-refractivity contribution in [1.29, 1.82) is 0 Å². The Labute approximate surface area is 109 Å². The predicted octanol–water partition coefficient (Wildman–Crippen LogP) is 1.84. The number of ether oxygens (including phenoxy) is 2. The van der Waals surface area contributed by atoms with E-state index in [1.165, 1.54) is 0 Å². The van der Waals surface area contributed by atoms with Gasteiger partial charge in [-0.25, -0.2) is 4.68 Å². The predicted molar refractivity (Wildman–Crippen MR) is 71.7 cm³/mol. The van der Waals surface area contributed by atoms with E-state index in [0.29, 0.717) is 11.5 Å². The Morgan fingerprint density at radius 1 is 1.05 bits per heavy atom. The Morgan fingerprint density at radius 3 is 2.42 bits per heavy atom. The zero-order chi connectivity index (χ0) is 13.6. The lowest BCUT2D eigenvalue weighted by Gasteiger charge is -2.08. The number of fused-ring (bicyclic) bond motifs is 3. The molecule has 0 saturated carbocycles. The molecule has 3 aromatic rings. The highest BCUT2D eigenvalue weighted by Crippen LogP contribution is 2.34. The monoisotopic (exact) mass is 258 g/mol. The fourth-order valence-corrected chi connectivity index (χ4v) is 2.33. The number of hydrogen-bond donors (Lipinski definition) is 0. The van der Waals surface area contributed by atoms with Gasteiger partial charge in [0.05, 0.1) is 30.8 Å². The quantitative estimate of drug-likeness (QED) is 0.702. The minimum Gasteiger partial charge on any atom is -0.493 e. The second-order valence-electron chi connectivity index (χ2n) is 4.33. The molecule has 0 saturated heterocycles. The number of methoxy groups -OCH3 is 2. The fraction of sp³-hybridized carbons (Fsp3) is 0.308. The van der Waals surface area contributed by atoms with Gasteiger partial charge in [-0.1, -0.05) is 0 Å². The van der Waals surface area contributed by atoms with Crippen molar-refractivity contribution in [1.82, 2.24) is 20.0 Å². The first-order valence-corrected chi connectivity index (χ1v) is 5.87. The second-order valence-corrected chi connectivity index (χ2v) is 4.33. The van der Waals surface area contributed by atoms with Gasteiger partial charge in [-0.3, -0.25) is 0 Å². The summed E-state index contributed by atoms with van der Waals surface area (Å²) in [7, 11) is 5.08. The molecule has 0 amide bonds. The van der Waals surface area contributed by atoms with E-state index in [2.05, 4.69) is 15.3 Å². The number of aryl methyl sites for hydroxylation is 2. The van der Waals surface area contributed by atoms with Crippen molar-refractivity contribution in [2.45, 2.75) is 6.92 Å². The summed E-state index contributed by atoms with van der Waals surface area (Å²) < 4.78 is 12.3. The molecule has 19 heavy (non-hydrogen) atoms. The van der Waals surface area contributed by atoms with E-state index in [9.17, 15) is 0 Å². The largest absolute Gasteiger partial charge is 0.493 e. The molecule has 3 rings (SSSR count). The summed E-state index contributed by atoms with van der Waals surface area (Å²) in [6.07, 6.45) is 0. The summed E-state index contributed by atoms with van der Waals surface area (Å²) in [5.74, 6) is 1.32. The molecule has 2 heterocycles. The molecule has 0 aliphatic heterocycles. The molecule has 0 aliphatic carbocycles. The lowest BCUT2D eigenvalue weighted by molar-refractivity contribution is 0.356. The highest BCUT2D eigenvalue weighted by molar-refractivity contribution is 6.05. The summed E-state index contributed by atoms with van der Waals surface area (Å²) >= 11 is 0. The molecule has 0 N–H and O–H groups in total. The molecule has 0 spiro atoms. The smallest absolute Gasteiger partial charge is 0.181 e. The maximum Gasteiger partial charge on any atom is 0.181 e. The maximum atomic E-state index is 5.34. The molecule has 0 unspecified atom stereocenters. The van der Waals surface area contributed by atoms with Crippen LogP contribution in [0.1, 0.15) is 5.69 Å². The Morgan fingerprint density at radius 2 is 1.74 bits per heavy atom. The van der Waals surface area contributed by atoms with Crippen LogP contribution in [0.3, 0.4) is 0 Å². The van der Waals surface area contributed by atoms with Crippen molar-refractivity contribution in [3.05, 3.63) is 17.8 Å². The molecular formula is C13H14N4O2. The summed E-state index contributed by atoms with van der Waals surface area (Å²) in [5, 5.41) is 14.8. The van der Waals surface area contributed by atoms with Crippen LogP contribution in [0.2, 0.25) is 0 Å². The van der Waals surface area contributed by atoms with Crippen molar-refractivity contribution in [3.63, 3.8) is 0 Å². The van der Waals surface area contributed by atoms with Gasteiger partial charge in [0.1, 0.15) is 0 Å². The molecule has 0 atom stereocenters. The van der Waals surface area contributed by atoms with Gasteiger partial charge in [-0.15, -0.1) is 10.2 Å². The first-order chi connectivity index (χ1) is 9.15. The van der Waals surface area contributed by atoms with Crippen LogP contribution in [0.5, 0.6) is 11.5 Å². The van der Waals surface area contributed by atoms with Gasteiger partial charge in [0.25, 0.3) is 0 Å². The van der Waals surface area contributed by atoms with Crippen molar-refractivity contribution in [2.24, 2.45) is 7.05 Å². The number of aromatic nitrogens is 4. The number of nitrogens with zero attached hydrogens (tertiary/aromatic N) is 4. The van der Waals surface area contributed by atoms with Gasteiger partial charge in [0.15, 0.2) is 17.1 Å². The molecule has 0 radical (unpaired) electrons. The van der Waals surface area contributed by atoms with Crippen LogP contribution in [-0.4, -0.2) is 34.2 Å². The number of hydrogen-bond acceptors (Lipinski definition) is 5. The Kier molecular flexibility index (Phi) is 2.51. The average Bonchev–Trinajstić information content (AvgIpc) is 2.72. The zero-order valence-electron chi connectivity index (χ0n) is 11.3. The van der Waals surface area contributed by atoms with Crippen molar-refractivity contribution >= 4 is 21.9 Å². The van der Waals surface area contributed by atoms with E-state index in [1.54, 1.807) is 18.9 Å². The lowest BCUT2D eigenvalue weighted by atomic mass is 10.1. The standard InChI is InChI=1S/C13H14N4O2/c1-7-12-8-5-10(18-3)11(19-4)6-9(8)14-15-13(12)17(2)16-7/h5-6H,1-4H3. The van der Waals surface area contributed by atoms with Gasteiger partial charge in [0.2, 0.25) is 0 Å². The number of benzene rings is 1. The third-order valence-electron chi connectivity index (χ3n) is 3.22. The van der Waals surface area contributed by atoms with Crippen molar-refractivity contribution in [3.8, 4) is 11.5 Å². The Balaban J connectivity index is 2.47. The van der Waals surface area contributed by atoms with Gasteiger partial charge in [-0.05, 0) is 13.0 Å². The third kappa shape index (κ3) is 1.60. The van der Waals surface area contributed by atoms with Crippen LogP contribution in [-0.2, 0) is 7.05 Å². The average molecular weight is 258 g/mol. The van der Waals surface area contributed by atoms with Crippen LogP contribution in [0.15, 0.2) is 12.1 Å². The first kappa shape index (κ1) is 11.7. The summed E-state index contributed by atoms with van der Waals surface area (Å²) in [5.41, 5.74) is 2.45. The minimum atomic E-state index is 0.644. The van der Waals surface area contributed by atoms with Crippen LogP contribution < -0.4 is 9.47 Å². The Hall–Kier alpha value is -2.37.